The van der Waals surface area contributed by atoms with Gasteiger partial charge in [0.05, 0.1) is 12.4 Å². The summed E-state index contributed by atoms with van der Waals surface area (Å²) in [6, 6.07) is 80.6. The summed E-state index contributed by atoms with van der Waals surface area (Å²) in [6.45, 7) is 4.58. The van der Waals surface area contributed by atoms with Gasteiger partial charge in [0.15, 0.2) is 5.78 Å². The molecule has 11 nitrogen and oxygen atoms in total. The van der Waals surface area contributed by atoms with Gasteiger partial charge >= 0.3 is 0 Å². The topological polar surface area (TPSA) is 141 Å². The molecule has 0 aliphatic heterocycles. The molecule has 0 saturated heterocycles. The van der Waals surface area contributed by atoms with Crippen molar-refractivity contribution in [1.29, 1.82) is 0 Å². The van der Waals surface area contributed by atoms with E-state index in [1.807, 2.05) is 111 Å². The molecule has 0 fully saturated rings. The molecular weight excluding hydrogens is 2340 g/mol. The molecule has 14 rings (SSSR count). The maximum atomic E-state index is 13.4. The monoisotopic (exact) mass is 2410 g/mol. The van der Waals surface area contributed by atoms with Crippen LogP contribution in [0.5, 0.6) is 0 Å². The molecular formula is C87H65F9Ir5N8O3-6. The number of carbonyl (C=O) groups excluding carboxylic acids is 1. The number of ketones is 1. The largest absolute Gasteiger partial charge is 0.512 e. The summed E-state index contributed by atoms with van der Waals surface area (Å²) in [4.78, 5) is 38.9. The first-order chi connectivity index (χ1) is 51.6. The average molecular weight is 2400 g/mol. The van der Waals surface area contributed by atoms with E-state index in [0.717, 1.165) is 98.5 Å². The van der Waals surface area contributed by atoms with Crippen LogP contribution in [0.25, 0.3) is 67.5 Å². The summed E-state index contributed by atoms with van der Waals surface area (Å²) in [5, 5.41) is 17.3. The van der Waals surface area contributed by atoms with Crippen molar-refractivity contribution < 1.29 is 155 Å². The molecule has 0 spiro atoms. The molecule has 6 aromatic heterocycles. The van der Waals surface area contributed by atoms with Crippen molar-refractivity contribution in [3.8, 4) is 67.5 Å². The Morgan fingerprint density at radius 1 is 0.366 bits per heavy atom. The number of pyridine rings is 6. The molecule has 0 aliphatic rings. The molecule has 112 heavy (non-hydrogen) atoms. The van der Waals surface area contributed by atoms with Crippen molar-refractivity contribution in [3.63, 3.8) is 0 Å². The van der Waals surface area contributed by atoms with Crippen LogP contribution >= 0.6 is 0 Å². The van der Waals surface area contributed by atoms with Crippen molar-refractivity contribution in [1.82, 2.24) is 29.9 Å². The van der Waals surface area contributed by atoms with Crippen LogP contribution in [0.3, 0.4) is 0 Å². The Morgan fingerprint density at radius 2 is 0.723 bits per heavy atom. The summed E-state index contributed by atoms with van der Waals surface area (Å²) in [7, 11) is 3.93. The van der Waals surface area contributed by atoms with Crippen LogP contribution < -0.4 is 9.80 Å². The summed E-state index contributed by atoms with van der Waals surface area (Å²) in [6.07, 6.45) is 11.0. The van der Waals surface area contributed by atoms with Crippen molar-refractivity contribution in [2.24, 2.45) is 0 Å². The molecule has 25 heteroatoms. The SMILES string of the molecule is CC(=O)C=C(C)O.CN(C)c1ccnc(-c2[c-]cc(F)cc2)c1.Cc1ccnc(-c2[c-]cc(F)cc2F)c1.Fc1c[c-]c(-c2cc(N(c3ccccc3)c3ccccc3)ccn2)cc1.Fc1c[c-]c(-c2ccccn2)c(F)c1.Fc1c[c-]c(-c2ccccn2)cc1.OCc1ccnc(-c2[c-]cc(F)cc2F)c1.[Ir].[Ir].[Ir].[Ir].[Ir]. The quantitative estimate of drug-likeness (QED) is 0.0523. The predicted octanol–water partition coefficient (Wildman–Crippen LogP) is 20.9. The molecule has 2 N–H and O–H groups in total. The zero-order chi connectivity index (χ0) is 76.6. The van der Waals surface area contributed by atoms with Gasteiger partial charge in [-0.1, -0.05) is 125 Å². The van der Waals surface area contributed by atoms with Gasteiger partial charge < -0.3 is 49.9 Å². The van der Waals surface area contributed by atoms with Crippen LogP contribution in [0.4, 0.5) is 62.3 Å². The molecule has 14 aromatic rings. The number of aliphatic hydroxyl groups excluding tert-OH is 2. The van der Waals surface area contributed by atoms with Gasteiger partial charge in [-0.2, -0.15) is 0 Å². The Morgan fingerprint density at radius 3 is 1.09 bits per heavy atom. The van der Waals surface area contributed by atoms with Crippen LogP contribution in [-0.4, -0.2) is 60.0 Å². The number of nitrogens with zero attached hydrogens (tertiary/aromatic N) is 8. The average Bonchev–Trinajstić information content (AvgIpc) is 0.796. The van der Waals surface area contributed by atoms with Gasteiger partial charge in [0.1, 0.15) is 0 Å². The molecule has 0 aliphatic carbocycles. The van der Waals surface area contributed by atoms with Crippen molar-refractivity contribution in [2.75, 3.05) is 23.9 Å². The first-order valence-corrected chi connectivity index (χ1v) is 32.4. The summed E-state index contributed by atoms with van der Waals surface area (Å²) < 4.78 is 116. The normalized spacial score (nSPS) is 9.90. The molecule has 5 radical (unpaired) electrons. The van der Waals surface area contributed by atoms with Crippen molar-refractivity contribution >= 4 is 28.5 Å². The smallest absolute Gasteiger partial charge is 0.155 e. The summed E-state index contributed by atoms with van der Waals surface area (Å²) in [5.41, 5.74) is 12.2. The van der Waals surface area contributed by atoms with E-state index < -0.39 is 34.9 Å². The zero-order valence-electron chi connectivity index (χ0n) is 59.7. The number of aliphatic hydroxyl groups is 2. The minimum atomic E-state index is -0.720. The molecule has 0 unspecified atom stereocenters. The molecule has 0 atom stereocenters. The predicted molar refractivity (Wildman–Crippen MR) is 397 cm³/mol. The van der Waals surface area contributed by atoms with E-state index in [4.69, 9.17) is 10.2 Å². The van der Waals surface area contributed by atoms with Crippen molar-refractivity contribution in [3.05, 3.63) is 385 Å². The van der Waals surface area contributed by atoms with Crippen LogP contribution in [0, 0.1) is 95.7 Å². The number of rotatable bonds is 12. The van der Waals surface area contributed by atoms with Gasteiger partial charge in [0, 0.05) is 233 Å². The number of benzene rings is 8. The van der Waals surface area contributed by atoms with Gasteiger partial charge in [-0.3, -0.25) is 44.3 Å². The van der Waals surface area contributed by atoms with E-state index in [1.54, 1.807) is 79.5 Å². The second kappa shape index (κ2) is 50.1. The fraction of sp³-hybridized carbons (Fsp3) is 0.0690. The molecule has 585 valence electrons. The Balaban J connectivity index is 0.000000344. The first-order valence-electron chi connectivity index (χ1n) is 32.4. The van der Waals surface area contributed by atoms with Gasteiger partial charge in [-0.25, -0.2) is 0 Å². The van der Waals surface area contributed by atoms with E-state index in [9.17, 15) is 44.3 Å². The molecule has 8 aromatic carbocycles. The summed E-state index contributed by atoms with van der Waals surface area (Å²) in [5.74, 6) is -4.90. The number of halogens is 9. The maximum Gasteiger partial charge on any atom is 0.155 e. The van der Waals surface area contributed by atoms with Crippen LogP contribution in [0.15, 0.2) is 286 Å². The number of carbonyl (C=O) groups is 1. The third kappa shape index (κ3) is 31.3. The van der Waals surface area contributed by atoms with Crippen LogP contribution in [-0.2, 0) is 112 Å². The third-order valence-electron chi connectivity index (χ3n) is 14.4. The second-order valence-corrected chi connectivity index (χ2v) is 22.8. The first kappa shape index (κ1) is 96.2. The Kier molecular flexibility index (Phi) is 43.1. The number of aryl methyl sites for hydroxylation is 1. The number of hydrogen-bond acceptors (Lipinski definition) is 11. The molecule has 0 saturated carbocycles. The number of anilines is 4. The zero-order valence-corrected chi connectivity index (χ0v) is 71.7. The second-order valence-electron chi connectivity index (χ2n) is 22.8. The van der Waals surface area contributed by atoms with Gasteiger partial charge in [-0.05, 0) is 121 Å². The standard InChI is InChI=1S/C23H16FN2.C13H12FN2.C12H8F2NO.C12H8F2N.C11H6F2N.C11H7FN.C5H8O2.5Ir/c24-19-13-11-18(12-14-19)23-17-22(15-16-25-23)26(20-7-3-1-4-8-20)21-9-5-2-6-10-21;1-16(2)12-7-8-15-13(9-12)10-3-5-11(14)6-4-10;13-9-1-2-10(11(14)6-9)12-5-8(7-16)3-4-15-12;1-8-4-5-15-12(6-8)10-3-2-9(13)7-11(10)14;12-8-4-5-9(10(13)7-8)11-3-1-2-6-14-11;12-10-6-4-9(5-7-10)11-3-1-2-8-13-11;1-4(6)3-5(2)7;;;;;/h1-11,13-17H;3,5-9H,1-2H3;1,3-6,16H,7H2;2,4-7H,1H3;1-4,6-7H;1-4,6-8H;3,6H,1-2H3;;;;;/q6*-1;;;;;;. The van der Waals surface area contributed by atoms with Crippen LogP contribution in [0.2, 0.25) is 0 Å². The van der Waals surface area contributed by atoms with E-state index in [0.29, 0.717) is 22.6 Å². The van der Waals surface area contributed by atoms with E-state index in [2.05, 4.69) is 95.5 Å². The summed E-state index contributed by atoms with van der Waals surface area (Å²) >= 11 is 0. The maximum absolute atomic E-state index is 13.4. The van der Waals surface area contributed by atoms with Gasteiger partial charge in [-0.15, -0.1) is 126 Å². The number of allylic oxidation sites excluding steroid dienone is 2. The van der Waals surface area contributed by atoms with Crippen LogP contribution in [0.1, 0.15) is 25.0 Å². The van der Waals surface area contributed by atoms with E-state index >= 15 is 0 Å². The fourth-order valence-electron chi connectivity index (χ4n) is 9.48. The number of hydrogen-bond donors (Lipinski definition) is 2. The molecule has 0 bridgehead atoms. The van der Waals surface area contributed by atoms with E-state index in [1.165, 1.54) is 68.6 Å². The Bertz CT molecular complexity index is 5120. The third-order valence-corrected chi connectivity index (χ3v) is 14.4. The number of aromatic nitrogens is 6. The molecule has 0 amide bonds. The van der Waals surface area contributed by atoms with Crippen molar-refractivity contribution in [2.45, 2.75) is 27.4 Å². The Hall–Kier alpha value is -9.95. The van der Waals surface area contributed by atoms with E-state index in [-0.39, 0.29) is 153 Å². The Labute approximate surface area is 711 Å². The van der Waals surface area contributed by atoms with Gasteiger partial charge in [0.2, 0.25) is 0 Å². The number of para-hydroxylation sites is 2. The molecule has 6 heterocycles. The van der Waals surface area contributed by atoms with Gasteiger partial charge in [0.25, 0.3) is 0 Å². The minimum absolute atomic E-state index is 0. The minimum Gasteiger partial charge on any atom is -0.512 e. The fourth-order valence-corrected chi connectivity index (χ4v) is 9.48.